The number of nitrogens with one attached hydrogen (secondary N) is 1. The maximum atomic E-state index is 13.0. The maximum absolute atomic E-state index is 13.0. The van der Waals surface area contributed by atoms with Gasteiger partial charge < -0.3 is 10.2 Å². The van der Waals surface area contributed by atoms with Crippen molar-refractivity contribution in [2.75, 3.05) is 13.1 Å². The normalized spacial score (nSPS) is 10.5. The number of rotatable bonds is 7. The Hall–Kier alpha value is -2.99. The number of carbonyl (C=O) groups is 2. The summed E-state index contributed by atoms with van der Waals surface area (Å²) in [5.41, 5.74) is 2.65. The lowest BCUT2D eigenvalue weighted by Gasteiger charge is -2.20. The molecule has 0 saturated heterocycles. The molecule has 144 valence electrons. The summed E-state index contributed by atoms with van der Waals surface area (Å²) in [6.07, 6.45) is 0. The van der Waals surface area contributed by atoms with E-state index in [0.29, 0.717) is 18.0 Å². The number of halogens is 1. The molecule has 0 fully saturated rings. The van der Waals surface area contributed by atoms with Gasteiger partial charge in [-0.25, -0.2) is 4.39 Å². The van der Waals surface area contributed by atoms with Gasteiger partial charge in [-0.3, -0.25) is 9.59 Å². The lowest BCUT2D eigenvalue weighted by molar-refractivity contribution is -0.121. The van der Waals surface area contributed by atoms with Gasteiger partial charge in [0.2, 0.25) is 5.91 Å². The van der Waals surface area contributed by atoms with Crippen LogP contribution in [-0.4, -0.2) is 29.8 Å². The molecule has 0 saturated carbocycles. The summed E-state index contributed by atoms with van der Waals surface area (Å²) in [4.78, 5) is 27.4. The van der Waals surface area contributed by atoms with Crippen molar-refractivity contribution in [3.8, 4) is 11.1 Å². The van der Waals surface area contributed by atoms with Crippen molar-refractivity contribution in [2.45, 2.75) is 13.5 Å². The van der Waals surface area contributed by atoms with Crippen LogP contribution in [0.4, 0.5) is 4.39 Å². The van der Waals surface area contributed by atoms with Crippen molar-refractivity contribution in [3.05, 3.63) is 82.3 Å². The molecule has 3 aromatic rings. The summed E-state index contributed by atoms with van der Waals surface area (Å²) in [6, 6.07) is 17.6. The molecule has 3 rings (SSSR count). The van der Waals surface area contributed by atoms with Crippen LogP contribution in [-0.2, 0) is 11.3 Å². The second-order valence-corrected chi connectivity index (χ2v) is 7.17. The van der Waals surface area contributed by atoms with E-state index < -0.39 is 0 Å². The maximum Gasteiger partial charge on any atom is 0.265 e. The Kier molecular flexibility index (Phi) is 6.55. The second-order valence-electron chi connectivity index (χ2n) is 6.25. The van der Waals surface area contributed by atoms with Gasteiger partial charge in [0.15, 0.2) is 0 Å². The molecule has 0 aliphatic heterocycles. The van der Waals surface area contributed by atoms with Crippen LogP contribution in [0.3, 0.4) is 0 Å². The molecular formula is C22H21FN2O2S. The zero-order chi connectivity index (χ0) is 19.9. The molecule has 6 heteroatoms. The van der Waals surface area contributed by atoms with Gasteiger partial charge in [-0.05, 0) is 41.6 Å². The van der Waals surface area contributed by atoms with Gasteiger partial charge in [0, 0.05) is 18.7 Å². The van der Waals surface area contributed by atoms with Crippen molar-refractivity contribution in [1.29, 1.82) is 0 Å². The Labute approximate surface area is 167 Å². The summed E-state index contributed by atoms with van der Waals surface area (Å²) in [6.45, 7) is 2.54. The fraction of sp³-hybridized carbons (Fsp3) is 0.182. The van der Waals surface area contributed by atoms with Gasteiger partial charge in [0.1, 0.15) is 5.82 Å². The van der Waals surface area contributed by atoms with E-state index in [4.69, 9.17) is 0 Å². The van der Waals surface area contributed by atoms with E-state index in [-0.39, 0.29) is 24.2 Å². The minimum Gasteiger partial charge on any atom is -0.350 e. The zero-order valence-corrected chi connectivity index (χ0v) is 16.3. The average molecular weight is 396 g/mol. The molecule has 1 heterocycles. The Bertz CT molecular complexity index is 939. The van der Waals surface area contributed by atoms with Gasteiger partial charge in [-0.2, -0.15) is 0 Å². The molecular weight excluding hydrogens is 375 g/mol. The van der Waals surface area contributed by atoms with Gasteiger partial charge >= 0.3 is 0 Å². The van der Waals surface area contributed by atoms with E-state index in [1.165, 1.54) is 28.4 Å². The van der Waals surface area contributed by atoms with Crippen molar-refractivity contribution in [3.63, 3.8) is 0 Å². The average Bonchev–Trinajstić information content (AvgIpc) is 3.21. The highest BCUT2D eigenvalue weighted by molar-refractivity contribution is 7.12. The van der Waals surface area contributed by atoms with E-state index >= 15 is 0 Å². The van der Waals surface area contributed by atoms with E-state index in [1.807, 2.05) is 48.7 Å². The van der Waals surface area contributed by atoms with Crippen LogP contribution in [0.5, 0.6) is 0 Å². The number of hydrogen-bond donors (Lipinski definition) is 1. The SMILES string of the molecule is CCN(CC(=O)NCc1ccc(F)cc1)C(=O)c1sccc1-c1ccccc1. The minimum atomic E-state index is -0.317. The molecule has 0 atom stereocenters. The van der Waals surface area contributed by atoms with Gasteiger partial charge in [-0.1, -0.05) is 42.5 Å². The van der Waals surface area contributed by atoms with Crippen LogP contribution in [0, 0.1) is 5.82 Å². The van der Waals surface area contributed by atoms with Crippen molar-refractivity contribution < 1.29 is 14.0 Å². The quantitative estimate of drug-likeness (QED) is 0.646. The highest BCUT2D eigenvalue weighted by Gasteiger charge is 2.21. The number of amides is 2. The fourth-order valence-corrected chi connectivity index (χ4v) is 3.71. The molecule has 1 aromatic heterocycles. The number of benzene rings is 2. The summed E-state index contributed by atoms with van der Waals surface area (Å²) in [5, 5.41) is 4.66. The Morgan fingerprint density at radius 2 is 1.75 bits per heavy atom. The number of thiophene rings is 1. The number of likely N-dealkylation sites (N-methyl/N-ethyl adjacent to an activating group) is 1. The number of nitrogens with zero attached hydrogens (tertiary/aromatic N) is 1. The van der Waals surface area contributed by atoms with Crippen LogP contribution >= 0.6 is 11.3 Å². The highest BCUT2D eigenvalue weighted by Crippen LogP contribution is 2.29. The second kappa shape index (κ2) is 9.28. The Morgan fingerprint density at radius 3 is 2.43 bits per heavy atom. The molecule has 0 radical (unpaired) electrons. The Balaban J connectivity index is 1.65. The van der Waals surface area contributed by atoms with E-state index in [1.54, 1.807) is 12.1 Å². The molecule has 2 amide bonds. The summed E-state index contributed by atoms with van der Waals surface area (Å²) in [5.74, 6) is -0.728. The molecule has 0 unspecified atom stereocenters. The molecule has 0 bridgehead atoms. The summed E-state index contributed by atoms with van der Waals surface area (Å²) < 4.78 is 13.0. The topological polar surface area (TPSA) is 49.4 Å². The molecule has 1 N–H and O–H groups in total. The van der Waals surface area contributed by atoms with Crippen LogP contribution in [0.15, 0.2) is 66.0 Å². The van der Waals surface area contributed by atoms with E-state index in [2.05, 4.69) is 5.32 Å². The monoisotopic (exact) mass is 396 g/mol. The largest absolute Gasteiger partial charge is 0.350 e. The first-order valence-electron chi connectivity index (χ1n) is 9.01. The van der Waals surface area contributed by atoms with Gasteiger partial charge in [0.25, 0.3) is 5.91 Å². The highest BCUT2D eigenvalue weighted by atomic mass is 32.1. The third-order valence-corrected chi connectivity index (χ3v) is 5.25. The predicted octanol–water partition coefficient (Wildman–Crippen LogP) is 4.33. The number of hydrogen-bond acceptors (Lipinski definition) is 3. The molecule has 28 heavy (non-hydrogen) atoms. The number of carbonyl (C=O) groups excluding carboxylic acids is 2. The fourth-order valence-electron chi connectivity index (χ4n) is 2.82. The first kappa shape index (κ1) is 19.8. The zero-order valence-electron chi connectivity index (χ0n) is 15.5. The molecule has 0 aliphatic carbocycles. The molecule has 0 spiro atoms. The van der Waals surface area contributed by atoms with Crippen LogP contribution in [0.25, 0.3) is 11.1 Å². The molecule has 0 aliphatic rings. The lowest BCUT2D eigenvalue weighted by Crippen LogP contribution is -2.40. The minimum absolute atomic E-state index is 0.0251. The predicted molar refractivity (Wildman–Crippen MR) is 110 cm³/mol. The first-order chi connectivity index (χ1) is 13.6. The van der Waals surface area contributed by atoms with Crippen LogP contribution in [0.2, 0.25) is 0 Å². The molecule has 2 aromatic carbocycles. The summed E-state index contributed by atoms with van der Waals surface area (Å²) in [7, 11) is 0. The van der Waals surface area contributed by atoms with Crippen molar-refractivity contribution in [1.82, 2.24) is 10.2 Å². The van der Waals surface area contributed by atoms with Crippen molar-refractivity contribution >= 4 is 23.2 Å². The standard InChI is InChI=1S/C22H21FN2O2S/c1-2-25(15-20(26)24-14-16-8-10-18(23)11-9-16)22(27)21-19(12-13-28-21)17-6-4-3-5-7-17/h3-13H,2,14-15H2,1H3,(H,24,26). The lowest BCUT2D eigenvalue weighted by atomic mass is 10.1. The van der Waals surface area contributed by atoms with Crippen LogP contribution in [0.1, 0.15) is 22.2 Å². The molecule has 4 nitrogen and oxygen atoms in total. The van der Waals surface area contributed by atoms with Gasteiger partial charge in [0.05, 0.1) is 11.4 Å². The third kappa shape index (κ3) is 4.84. The third-order valence-electron chi connectivity index (χ3n) is 4.35. The van der Waals surface area contributed by atoms with Crippen LogP contribution < -0.4 is 5.32 Å². The summed E-state index contributed by atoms with van der Waals surface area (Å²) >= 11 is 1.38. The van der Waals surface area contributed by atoms with E-state index in [9.17, 15) is 14.0 Å². The smallest absolute Gasteiger partial charge is 0.265 e. The van der Waals surface area contributed by atoms with Gasteiger partial charge in [-0.15, -0.1) is 11.3 Å². The van der Waals surface area contributed by atoms with E-state index in [0.717, 1.165) is 16.7 Å². The Morgan fingerprint density at radius 1 is 1.04 bits per heavy atom. The first-order valence-corrected chi connectivity index (χ1v) is 9.89. The van der Waals surface area contributed by atoms with Crippen molar-refractivity contribution in [2.24, 2.45) is 0 Å².